The number of carbonyl (C=O) groups is 1. The number of urea groups is 1. The first-order valence-corrected chi connectivity index (χ1v) is 9.53. The molecule has 9 nitrogen and oxygen atoms in total. The molecule has 1 unspecified atom stereocenters. The predicted molar refractivity (Wildman–Crippen MR) is 99.4 cm³/mol. The van der Waals surface area contributed by atoms with Crippen LogP contribution in [0.3, 0.4) is 0 Å². The third-order valence-electron chi connectivity index (χ3n) is 4.85. The van der Waals surface area contributed by atoms with Crippen molar-refractivity contribution >= 4 is 11.7 Å². The van der Waals surface area contributed by atoms with E-state index in [1.54, 1.807) is 24.1 Å². The summed E-state index contributed by atoms with van der Waals surface area (Å²) in [6.07, 6.45) is 3.77. The van der Waals surface area contributed by atoms with Crippen molar-refractivity contribution in [2.24, 2.45) is 0 Å². The van der Waals surface area contributed by atoms with E-state index in [0.29, 0.717) is 48.7 Å². The molecule has 2 aliphatic rings. The van der Waals surface area contributed by atoms with Gasteiger partial charge in [-0.05, 0) is 25.0 Å². The Balaban J connectivity index is 1.51. The number of aromatic nitrogens is 2. The van der Waals surface area contributed by atoms with Crippen molar-refractivity contribution in [3.05, 3.63) is 29.9 Å². The van der Waals surface area contributed by atoms with Gasteiger partial charge in [0.25, 0.3) is 0 Å². The van der Waals surface area contributed by atoms with E-state index in [1.165, 1.54) is 0 Å². The molecular formula is C19H24N4O5. The lowest BCUT2D eigenvalue weighted by Gasteiger charge is -2.28. The molecule has 4 rings (SSSR count). The number of carbonyl (C=O) groups excluding carboxylic acids is 1. The molecule has 1 fully saturated rings. The van der Waals surface area contributed by atoms with Crippen LogP contribution in [-0.2, 0) is 11.3 Å². The molecule has 1 N–H and O–H groups in total. The Morgan fingerprint density at radius 1 is 1.25 bits per heavy atom. The van der Waals surface area contributed by atoms with Crippen LogP contribution in [0.1, 0.15) is 43.4 Å². The number of nitrogens with one attached hydrogen (secondary N) is 1. The van der Waals surface area contributed by atoms with Crippen molar-refractivity contribution in [2.45, 2.75) is 38.3 Å². The molecule has 1 aromatic heterocycles. The van der Waals surface area contributed by atoms with Gasteiger partial charge in [-0.1, -0.05) is 18.0 Å². The number of hydrogen-bond acceptors (Lipinski definition) is 7. The second kappa shape index (κ2) is 8.47. The van der Waals surface area contributed by atoms with Crippen molar-refractivity contribution in [2.75, 3.05) is 32.2 Å². The van der Waals surface area contributed by atoms with Crippen LogP contribution in [0.15, 0.2) is 22.7 Å². The fraction of sp³-hybridized carbons (Fsp3) is 0.526. The largest absolute Gasteiger partial charge is 0.486 e. The summed E-state index contributed by atoms with van der Waals surface area (Å²) in [5.74, 6) is 2.26. The van der Waals surface area contributed by atoms with E-state index < -0.39 is 0 Å². The molecule has 0 radical (unpaired) electrons. The predicted octanol–water partition coefficient (Wildman–Crippen LogP) is 3.14. The number of benzene rings is 1. The number of fused-ring (bicyclic) bond motifs is 1. The van der Waals surface area contributed by atoms with E-state index in [4.69, 9.17) is 18.7 Å². The van der Waals surface area contributed by atoms with Crippen LogP contribution in [-0.4, -0.2) is 47.9 Å². The molecule has 1 aromatic carbocycles. The Labute approximate surface area is 162 Å². The topological polar surface area (TPSA) is 99.0 Å². The Morgan fingerprint density at radius 2 is 2.11 bits per heavy atom. The molecule has 0 bridgehead atoms. The maximum atomic E-state index is 13.0. The number of anilines is 1. The second-order valence-electron chi connectivity index (χ2n) is 6.83. The number of ether oxygens (including phenoxy) is 3. The lowest BCUT2D eigenvalue weighted by Crippen LogP contribution is -2.38. The molecule has 150 valence electrons. The van der Waals surface area contributed by atoms with Gasteiger partial charge in [0, 0.05) is 25.4 Å². The summed E-state index contributed by atoms with van der Waals surface area (Å²) < 4.78 is 21.6. The van der Waals surface area contributed by atoms with Gasteiger partial charge in [0.15, 0.2) is 17.3 Å². The van der Waals surface area contributed by atoms with Crippen LogP contribution in [0.5, 0.6) is 11.5 Å². The fourth-order valence-corrected chi connectivity index (χ4v) is 3.52. The molecule has 28 heavy (non-hydrogen) atoms. The van der Waals surface area contributed by atoms with E-state index in [-0.39, 0.29) is 18.7 Å². The van der Waals surface area contributed by atoms with Crippen molar-refractivity contribution < 1.29 is 23.5 Å². The van der Waals surface area contributed by atoms with Gasteiger partial charge in [-0.15, -0.1) is 0 Å². The van der Waals surface area contributed by atoms with Gasteiger partial charge < -0.3 is 29.0 Å². The number of methoxy groups -OCH3 is 1. The van der Waals surface area contributed by atoms with Crippen LogP contribution in [0.25, 0.3) is 0 Å². The monoisotopic (exact) mass is 388 g/mol. The molecule has 0 spiro atoms. The summed E-state index contributed by atoms with van der Waals surface area (Å²) in [7, 11) is 1.58. The molecule has 1 atom stereocenters. The molecule has 0 saturated carbocycles. The highest BCUT2D eigenvalue weighted by molar-refractivity contribution is 5.90. The smallest absolute Gasteiger partial charge is 0.322 e. The summed E-state index contributed by atoms with van der Waals surface area (Å²) in [6, 6.07) is 4.94. The van der Waals surface area contributed by atoms with Crippen molar-refractivity contribution in [3.63, 3.8) is 0 Å². The summed E-state index contributed by atoms with van der Waals surface area (Å²) in [4.78, 5) is 19.2. The van der Waals surface area contributed by atoms with Crippen LogP contribution in [0.4, 0.5) is 10.5 Å². The average molecular weight is 388 g/mol. The Kier molecular flexibility index (Phi) is 5.61. The summed E-state index contributed by atoms with van der Waals surface area (Å²) in [5, 5.41) is 6.90. The van der Waals surface area contributed by atoms with E-state index in [9.17, 15) is 4.79 Å². The highest BCUT2D eigenvalue weighted by Gasteiger charge is 2.31. The SMILES string of the molecule is COCc1noc(C2CCCCCN2C(=O)Nc2ccc3c(c2)OCCO3)n1. The first-order chi connectivity index (χ1) is 13.7. The van der Waals surface area contributed by atoms with Crippen molar-refractivity contribution in [1.82, 2.24) is 15.0 Å². The molecule has 9 heteroatoms. The molecule has 1 saturated heterocycles. The highest BCUT2D eigenvalue weighted by Crippen LogP contribution is 2.34. The van der Waals surface area contributed by atoms with E-state index in [1.807, 2.05) is 6.07 Å². The zero-order chi connectivity index (χ0) is 19.3. The second-order valence-corrected chi connectivity index (χ2v) is 6.83. The molecule has 2 aromatic rings. The molecule has 2 amide bonds. The summed E-state index contributed by atoms with van der Waals surface area (Å²) in [6.45, 7) is 1.94. The number of rotatable bonds is 4. The van der Waals surface area contributed by atoms with E-state index in [2.05, 4.69) is 15.5 Å². The van der Waals surface area contributed by atoms with Gasteiger partial charge in [-0.25, -0.2) is 4.79 Å². The first-order valence-electron chi connectivity index (χ1n) is 9.53. The molecule has 0 aliphatic carbocycles. The van der Waals surface area contributed by atoms with Crippen LogP contribution in [0.2, 0.25) is 0 Å². The Bertz CT molecular complexity index is 824. The quantitative estimate of drug-likeness (QED) is 0.859. The molecule has 2 aliphatic heterocycles. The Morgan fingerprint density at radius 3 is 2.96 bits per heavy atom. The maximum Gasteiger partial charge on any atom is 0.322 e. The van der Waals surface area contributed by atoms with Gasteiger partial charge >= 0.3 is 6.03 Å². The minimum absolute atomic E-state index is 0.199. The standard InChI is InChI=1S/C19H24N4O5/c1-25-12-17-21-18(28-22-17)14-5-3-2-4-8-23(14)19(24)20-13-6-7-15-16(11-13)27-10-9-26-15/h6-7,11,14H,2-5,8-10,12H2,1H3,(H,20,24). The van der Waals surface area contributed by atoms with Gasteiger partial charge in [0.1, 0.15) is 25.9 Å². The van der Waals surface area contributed by atoms with Gasteiger partial charge in [0.05, 0.1) is 0 Å². The van der Waals surface area contributed by atoms with Crippen LogP contribution < -0.4 is 14.8 Å². The number of nitrogens with zero attached hydrogens (tertiary/aromatic N) is 3. The van der Waals surface area contributed by atoms with Crippen molar-refractivity contribution in [3.8, 4) is 11.5 Å². The number of likely N-dealkylation sites (tertiary alicyclic amines) is 1. The average Bonchev–Trinajstić information content (AvgIpc) is 3.03. The minimum Gasteiger partial charge on any atom is -0.486 e. The summed E-state index contributed by atoms with van der Waals surface area (Å²) in [5.41, 5.74) is 0.655. The lowest BCUT2D eigenvalue weighted by molar-refractivity contribution is 0.168. The first kappa shape index (κ1) is 18.5. The lowest BCUT2D eigenvalue weighted by atomic mass is 10.1. The van der Waals surface area contributed by atoms with E-state index in [0.717, 1.165) is 25.7 Å². The zero-order valence-electron chi connectivity index (χ0n) is 15.8. The highest BCUT2D eigenvalue weighted by atomic mass is 16.6. The van der Waals surface area contributed by atoms with Crippen LogP contribution in [0, 0.1) is 0 Å². The minimum atomic E-state index is -0.252. The molecule has 3 heterocycles. The van der Waals surface area contributed by atoms with Gasteiger partial charge in [-0.3, -0.25) is 0 Å². The van der Waals surface area contributed by atoms with Crippen LogP contribution >= 0.6 is 0 Å². The summed E-state index contributed by atoms with van der Waals surface area (Å²) >= 11 is 0. The van der Waals surface area contributed by atoms with Crippen molar-refractivity contribution in [1.29, 1.82) is 0 Å². The Hall–Kier alpha value is -2.81. The number of hydrogen-bond donors (Lipinski definition) is 1. The normalized spacial score (nSPS) is 19.2. The number of amides is 2. The maximum absolute atomic E-state index is 13.0. The van der Waals surface area contributed by atoms with Gasteiger partial charge in [0.2, 0.25) is 5.89 Å². The fourth-order valence-electron chi connectivity index (χ4n) is 3.52. The third-order valence-corrected chi connectivity index (χ3v) is 4.85. The van der Waals surface area contributed by atoms with E-state index >= 15 is 0 Å². The third kappa shape index (κ3) is 4.04. The zero-order valence-corrected chi connectivity index (χ0v) is 15.8. The van der Waals surface area contributed by atoms with Gasteiger partial charge in [-0.2, -0.15) is 4.98 Å². The molecular weight excluding hydrogens is 364 g/mol.